The Balaban J connectivity index is 1.28. The molecule has 1 heteroatoms. The van der Waals surface area contributed by atoms with Crippen LogP contribution in [0.2, 0.25) is 0 Å². The van der Waals surface area contributed by atoms with Crippen LogP contribution >= 0.6 is 0 Å². The Kier molecular flexibility index (Phi) is 3.95. The Morgan fingerprint density at radius 3 is 1.72 bits per heavy atom. The predicted octanol–water partition coefficient (Wildman–Crippen LogP) is 12.0. The molecular formula is C42H26O. The maximum atomic E-state index is 9.00. The number of benzene rings is 8. The van der Waals surface area contributed by atoms with Crippen LogP contribution in [0.5, 0.6) is 0 Å². The number of rotatable bonds is 3. The third kappa shape index (κ3) is 3.72. The first-order chi connectivity index (χ1) is 24.3. The molecule has 1 nitrogen and oxygen atoms in total. The zero-order chi connectivity index (χ0) is 34.4. The topological polar surface area (TPSA) is 13.1 Å². The molecule has 0 fully saturated rings. The molecule has 0 amide bonds. The van der Waals surface area contributed by atoms with Crippen molar-refractivity contribution in [2.45, 2.75) is 0 Å². The van der Waals surface area contributed by atoms with Crippen molar-refractivity contribution in [2.75, 3.05) is 0 Å². The number of fused-ring (bicyclic) bond motifs is 6. The van der Waals surface area contributed by atoms with Crippen LogP contribution in [0.4, 0.5) is 0 Å². The Labute approximate surface area is 259 Å². The van der Waals surface area contributed by atoms with Gasteiger partial charge in [-0.3, -0.25) is 0 Å². The zero-order valence-corrected chi connectivity index (χ0v) is 22.9. The second-order valence-electron chi connectivity index (χ2n) is 10.7. The Morgan fingerprint density at radius 1 is 0.419 bits per heavy atom. The molecule has 0 saturated carbocycles. The fourth-order valence-electron chi connectivity index (χ4n) is 6.44. The molecule has 0 aliphatic rings. The van der Waals surface area contributed by atoms with Gasteiger partial charge in [0.25, 0.3) is 0 Å². The molecule has 0 aliphatic carbocycles. The number of para-hydroxylation sites is 1. The third-order valence-electron chi connectivity index (χ3n) is 8.32. The fourth-order valence-corrected chi connectivity index (χ4v) is 6.44. The van der Waals surface area contributed by atoms with E-state index in [1.54, 1.807) is 0 Å². The lowest BCUT2D eigenvalue weighted by Gasteiger charge is -2.18. The summed E-state index contributed by atoms with van der Waals surface area (Å²) in [4.78, 5) is 0. The molecule has 0 spiro atoms. The number of hydrogen-bond acceptors (Lipinski definition) is 1. The van der Waals surface area contributed by atoms with E-state index in [-0.39, 0.29) is 40.5 Å². The van der Waals surface area contributed by atoms with Gasteiger partial charge in [0.05, 0.1) is 9.60 Å². The van der Waals surface area contributed by atoms with Gasteiger partial charge in [-0.25, -0.2) is 0 Å². The summed E-state index contributed by atoms with van der Waals surface area (Å²) in [6.07, 6.45) is 0. The summed E-state index contributed by atoms with van der Waals surface area (Å²) in [6, 6.07) is 36.2. The van der Waals surface area contributed by atoms with Gasteiger partial charge in [-0.2, -0.15) is 0 Å². The molecule has 1 aromatic heterocycles. The van der Waals surface area contributed by atoms with E-state index in [4.69, 9.17) is 14.0 Å². The molecule has 1 heterocycles. The van der Waals surface area contributed by atoms with E-state index in [9.17, 15) is 0 Å². The lowest BCUT2D eigenvalue weighted by molar-refractivity contribution is 0.669. The molecule has 8 aromatic carbocycles. The molecule has 0 N–H and O–H groups in total. The van der Waals surface area contributed by atoms with Crippen LogP contribution < -0.4 is 0 Å². The van der Waals surface area contributed by atoms with Gasteiger partial charge >= 0.3 is 0 Å². The van der Waals surface area contributed by atoms with Crippen molar-refractivity contribution in [2.24, 2.45) is 0 Å². The molecular weight excluding hydrogens is 520 g/mol. The summed E-state index contributed by atoms with van der Waals surface area (Å²) in [5, 5.41) is 6.29. The minimum atomic E-state index is -0.479. The summed E-state index contributed by atoms with van der Waals surface area (Å²) >= 11 is 0. The molecule has 0 aliphatic heterocycles. The van der Waals surface area contributed by atoms with Crippen LogP contribution in [0.25, 0.3) is 87.6 Å². The third-order valence-corrected chi connectivity index (χ3v) is 8.32. The van der Waals surface area contributed by atoms with E-state index in [0.29, 0.717) is 5.56 Å². The largest absolute Gasteiger partial charge is 0.456 e. The Hall–Kier alpha value is -5.66. The zero-order valence-electron chi connectivity index (χ0n) is 29.9. The van der Waals surface area contributed by atoms with Gasteiger partial charge in [-0.05, 0) is 83.9 Å². The lowest BCUT2D eigenvalue weighted by Crippen LogP contribution is -1.91. The second-order valence-corrected chi connectivity index (χ2v) is 10.7. The summed E-state index contributed by atoms with van der Waals surface area (Å²) in [5.74, 6) is 0. The van der Waals surface area contributed by atoms with E-state index in [1.165, 1.54) is 0 Å². The van der Waals surface area contributed by atoms with Gasteiger partial charge in [-0.1, -0.05) is 139 Å². The first kappa shape index (κ1) is 18.0. The average molecular weight is 554 g/mol. The minimum absolute atomic E-state index is 0.0518. The summed E-state index contributed by atoms with van der Waals surface area (Å²) in [7, 11) is 0. The average Bonchev–Trinajstić information content (AvgIpc) is 3.53. The van der Waals surface area contributed by atoms with Crippen molar-refractivity contribution in [1.82, 2.24) is 0 Å². The van der Waals surface area contributed by atoms with Crippen LogP contribution in [-0.4, -0.2) is 0 Å². The number of furan rings is 1. The monoisotopic (exact) mass is 553 g/mol. The van der Waals surface area contributed by atoms with Crippen molar-refractivity contribution in [3.63, 3.8) is 0 Å². The van der Waals surface area contributed by atoms with Crippen molar-refractivity contribution >= 4 is 54.3 Å². The van der Waals surface area contributed by atoms with E-state index in [1.807, 2.05) is 66.7 Å². The molecule has 9 aromatic rings. The van der Waals surface area contributed by atoms with E-state index < -0.39 is 18.1 Å². The van der Waals surface area contributed by atoms with Crippen molar-refractivity contribution in [3.8, 4) is 33.4 Å². The predicted molar refractivity (Wildman–Crippen MR) is 183 cm³/mol. The normalized spacial score (nSPS) is 14.0. The first-order valence-corrected chi connectivity index (χ1v) is 14.2. The van der Waals surface area contributed by atoms with Crippen LogP contribution in [0, 0.1) is 0 Å². The molecule has 9 rings (SSSR count). The van der Waals surface area contributed by atoms with E-state index >= 15 is 0 Å². The van der Waals surface area contributed by atoms with Gasteiger partial charge in [0.2, 0.25) is 0 Å². The molecule has 0 atom stereocenters. The Bertz CT molecular complexity index is 2830. The highest BCUT2D eigenvalue weighted by Crippen LogP contribution is 2.46. The van der Waals surface area contributed by atoms with E-state index in [2.05, 4.69) is 48.5 Å². The fraction of sp³-hybridized carbons (Fsp3) is 0. The van der Waals surface area contributed by atoms with Gasteiger partial charge < -0.3 is 4.42 Å². The quantitative estimate of drug-likeness (QED) is 0.198. The van der Waals surface area contributed by atoms with Crippen molar-refractivity contribution in [1.29, 1.82) is 0 Å². The first-order valence-electron chi connectivity index (χ1n) is 17.7. The van der Waals surface area contributed by atoms with Crippen LogP contribution in [-0.2, 0) is 0 Å². The van der Waals surface area contributed by atoms with Gasteiger partial charge in [0.1, 0.15) is 11.2 Å². The van der Waals surface area contributed by atoms with Gasteiger partial charge in [-0.15, -0.1) is 0 Å². The van der Waals surface area contributed by atoms with Crippen LogP contribution in [0.15, 0.2) is 162 Å². The molecule has 0 saturated heterocycles. The maximum absolute atomic E-state index is 9.00. The lowest BCUT2D eigenvalue weighted by atomic mass is 9.84. The Morgan fingerprint density at radius 2 is 1.00 bits per heavy atom. The minimum Gasteiger partial charge on any atom is -0.456 e. The van der Waals surface area contributed by atoms with Gasteiger partial charge in [0, 0.05) is 10.8 Å². The summed E-state index contributed by atoms with van der Waals surface area (Å²) < 4.78 is 65.8. The standard InChI is InChI=1S/C42H26O/c1-2-11-30-26-31(25-22-27(30)10-1)28-20-23-29(24-21-28)40-32-12-3-5-14-34(32)41(35-15-6-4-13-33(35)40)37-17-9-19-39-42(37)36-16-7-8-18-38(36)43-39/h1-26H/i1D,2D,10D,11D,22D,25D,26D. The smallest absolute Gasteiger partial charge is 0.136 e. The molecule has 0 unspecified atom stereocenters. The highest BCUT2D eigenvalue weighted by atomic mass is 16.3. The molecule has 0 bridgehead atoms. The highest BCUT2D eigenvalue weighted by molar-refractivity contribution is 6.25. The van der Waals surface area contributed by atoms with Crippen molar-refractivity contribution in [3.05, 3.63) is 158 Å². The summed E-state index contributed by atoms with van der Waals surface area (Å²) in [5.41, 5.74) is 6.55. The molecule has 43 heavy (non-hydrogen) atoms. The van der Waals surface area contributed by atoms with E-state index in [0.717, 1.165) is 65.7 Å². The van der Waals surface area contributed by atoms with Crippen molar-refractivity contribution < 1.29 is 14.0 Å². The second kappa shape index (κ2) is 9.44. The molecule has 0 radical (unpaired) electrons. The maximum Gasteiger partial charge on any atom is 0.136 e. The van der Waals surface area contributed by atoms with Gasteiger partial charge in [0.15, 0.2) is 0 Å². The van der Waals surface area contributed by atoms with Crippen LogP contribution in [0.3, 0.4) is 0 Å². The SMILES string of the molecule is [2H]c1c([2H])c([2H])c2c([2H])c(-c3ccc(-c4c5ccccc5c(-c5cccc6oc7ccccc7c56)c5ccccc45)cc3)c([2H])c([2H])c2c1[2H]. The van der Waals surface area contributed by atoms with Crippen LogP contribution in [0.1, 0.15) is 9.60 Å². The summed E-state index contributed by atoms with van der Waals surface area (Å²) in [6.45, 7) is 0. The molecule has 200 valence electrons. The number of hydrogen-bond donors (Lipinski definition) is 0. The highest BCUT2D eigenvalue weighted by Gasteiger charge is 2.20.